The number of hydrogen-bond donors (Lipinski definition) is 1. The van der Waals surface area contributed by atoms with Crippen LogP contribution in [0.2, 0.25) is 0 Å². The lowest BCUT2D eigenvalue weighted by atomic mass is 10.0. The molecule has 1 amide bonds. The van der Waals surface area contributed by atoms with Crippen LogP contribution in [0.3, 0.4) is 0 Å². The lowest BCUT2D eigenvalue weighted by Gasteiger charge is -2.34. The minimum atomic E-state index is 0.0236. The first kappa shape index (κ1) is 13.8. The molecule has 0 aromatic carbocycles. The summed E-state index contributed by atoms with van der Waals surface area (Å²) in [5.74, 6) is 0.560. The van der Waals surface area contributed by atoms with Gasteiger partial charge in [0.1, 0.15) is 5.75 Å². The van der Waals surface area contributed by atoms with Crippen LogP contribution in [0.1, 0.15) is 30.1 Å². The average Bonchev–Trinajstić information content (AvgIpc) is 2.49. The molecule has 5 nitrogen and oxygen atoms in total. The van der Waals surface area contributed by atoms with Crippen LogP contribution in [0.5, 0.6) is 5.75 Å². The van der Waals surface area contributed by atoms with E-state index in [0.717, 1.165) is 25.9 Å². The highest BCUT2D eigenvalue weighted by atomic mass is 16.5. The molecule has 1 fully saturated rings. The Balaban J connectivity index is 2.19. The van der Waals surface area contributed by atoms with E-state index < -0.39 is 0 Å². The van der Waals surface area contributed by atoms with Crippen LogP contribution in [0.25, 0.3) is 0 Å². The molecular weight excluding hydrogens is 242 g/mol. The Morgan fingerprint density at radius 2 is 2.47 bits per heavy atom. The van der Waals surface area contributed by atoms with Crippen molar-refractivity contribution >= 4 is 5.91 Å². The van der Waals surface area contributed by atoms with E-state index in [1.54, 1.807) is 25.6 Å². The van der Waals surface area contributed by atoms with Crippen molar-refractivity contribution in [3.63, 3.8) is 0 Å². The summed E-state index contributed by atoms with van der Waals surface area (Å²) >= 11 is 0. The maximum Gasteiger partial charge on any atom is 0.258 e. The van der Waals surface area contributed by atoms with Gasteiger partial charge in [0.15, 0.2) is 0 Å². The third-order valence-corrected chi connectivity index (χ3v) is 3.55. The zero-order chi connectivity index (χ0) is 13.7. The van der Waals surface area contributed by atoms with E-state index in [1.165, 1.54) is 0 Å². The molecule has 2 rings (SSSR count). The Labute approximate surface area is 114 Å². The van der Waals surface area contributed by atoms with Crippen LogP contribution < -0.4 is 10.1 Å². The first-order valence-electron chi connectivity index (χ1n) is 6.77. The van der Waals surface area contributed by atoms with E-state index in [2.05, 4.69) is 10.3 Å². The number of likely N-dealkylation sites (N-methyl/N-ethyl adjacent to an activating group) is 1. The number of hydrogen-bond acceptors (Lipinski definition) is 4. The van der Waals surface area contributed by atoms with Crippen LogP contribution in [-0.4, -0.2) is 48.6 Å². The van der Waals surface area contributed by atoms with Gasteiger partial charge in [-0.1, -0.05) is 0 Å². The fraction of sp³-hybridized carbons (Fsp3) is 0.571. The van der Waals surface area contributed by atoms with Crippen molar-refractivity contribution in [2.45, 2.75) is 25.8 Å². The minimum Gasteiger partial charge on any atom is -0.494 e. The van der Waals surface area contributed by atoms with Gasteiger partial charge in [-0.2, -0.15) is 0 Å². The molecule has 0 radical (unpaired) electrons. The fourth-order valence-electron chi connectivity index (χ4n) is 2.54. The largest absolute Gasteiger partial charge is 0.494 e. The number of aromatic nitrogens is 1. The number of piperidine rings is 1. The Hall–Kier alpha value is -1.62. The van der Waals surface area contributed by atoms with Gasteiger partial charge in [0.2, 0.25) is 0 Å². The van der Waals surface area contributed by atoms with Crippen LogP contribution in [0.4, 0.5) is 0 Å². The number of pyridine rings is 1. The lowest BCUT2D eigenvalue weighted by molar-refractivity contribution is 0.0658. The van der Waals surface area contributed by atoms with Crippen LogP contribution in [-0.2, 0) is 0 Å². The predicted molar refractivity (Wildman–Crippen MR) is 73.4 cm³/mol. The summed E-state index contributed by atoms with van der Waals surface area (Å²) in [7, 11) is 1.56. The van der Waals surface area contributed by atoms with Crippen LogP contribution in [0, 0.1) is 0 Å². The van der Waals surface area contributed by atoms with Crippen LogP contribution >= 0.6 is 0 Å². The summed E-state index contributed by atoms with van der Waals surface area (Å²) in [6.45, 7) is 4.63. The zero-order valence-corrected chi connectivity index (χ0v) is 11.6. The van der Waals surface area contributed by atoms with Gasteiger partial charge >= 0.3 is 0 Å². The molecular formula is C14H21N3O2. The maximum absolute atomic E-state index is 12.6. The van der Waals surface area contributed by atoms with Gasteiger partial charge in [0.25, 0.3) is 5.91 Å². The molecule has 0 aliphatic carbocycles. The van der Waals surface area contributed by atoms with Crippen molar-refractivity contribution in [1.82, 2.24) is 15.2 Å². The van der Waals surface area contributed by atoms with Crippen molar-refractivity contribution in [2.75, 3.05) is 26.7 Å². The van der Waals surface area contributed by atoms with E-state index in [4.69, 9.17) is 4.74 Å². The summed E-state index contributed by atoms with van der Waals surface area (Å²) < 4.78 is 5.22. The van der Waals surface area contributed by atoms with Crippen molar-refractivity contribution in [1.29, 1.82) is 0 Å². The van der Waals surface area contributed by atoms with Gasteiger partial charge in [0.05, 0.1) is 18.9 Å². The number of nitrogens with one attached hydrogen (secondary N) is 1. The third-order valence-electron chi connectivity index (χ3n) is 3.55. The molecule has 2 heterocycles. The number of nitrogens with zero attached hydrogens (tertiary/aromatic N) is 2. The molecule has 1 aliphatic rings. The second-order valence-electron chi connectivity index (χ2n) is 4.67. The summed E-state index contributed by atoms with van der Waals surface area (Å²) in [5, 5.41) is 3.35. The van der Waals surface area contributed by atoms with E-state index in [0.29, 0.717) is 17.9 Å². The van der Waals surface area contributed by atoms with Gasteiger partial charge < -0.3 is 15.0 Å². The van der Waals surface area contributed by atoms with Gasteiger partial charge in [-0.3, -0.25) is 9.78 Å². The molecule has 1 saturated heterocycles. The smallest absolute Gasteiger partial charge is 0.258 e. The van der Waals surface area contributed by atoms with Gasteiger partial charge in [-0.25, -0.2) is 0 Å². The first-order valence-corrected chi connectivity index (χ1v) is 6.77. The van der Waals surface area contributed by atoms with Gasteiger partial charge in [0, 0.05) is 25.3 Å². The highest BCUT2D eigenvalue weighted by Crippen LogP contribution is 2.20. The second kappa shape index (κ2) is 6.52. The van der Waals surface area contributed by atoms with E-state index in [9.17, 15) is 4.79 Å². The topological polar surface area (TPSA) is 54.5 Å². The molecule has 0 spiro atoms. The zero-order valence-electron chi connectivity index (χ0n) is 11.6. The molecule has 0 bridgehead atoms. The normalized spacial score (nSPS) is 18.9. The molecule has 0 saturated carbocycles. The van der Waals surface area contributed by atoms with E-state index >= 15 is 0 Å². The Kier molecular flexibility index (Phi) is 4.74. The van der Waals surface area contributed by atoms with Gasteiger partial charge in [-0.15, -0.1) is 0 Å². The molecule has 104 valence electrons. The van der Waals surface area contributed by atoms with Crippen molar-refractivity contribution in [3.8, 4) is 5.75 Å². The van der Waals surface area contributed by atoms with Crippen molar-refractivity contribution in [3.05, 3.63) is 24.0 Å². The van der Waals surface area contributed by atoms with Crippen molar-refractivity contribution in [2.24, 2.45) is 0 Å². The highest BCUT2D eigenvalue weighted by molar-refractivity contribution is 5.97. The second-order valence-corrected chi connectivity index (χ2v) is 4.67. The standard InChI is InChI=1S/C14H21N3O2/c1-3-17(11-5-4-7-15-9-11)14(18)12-6-8-16-10-13(12)19-2/h6,8,10-11,15H,3-5,7,9H2,1-2H3. The lowest BCUT2D eigenvalue weighted by Crippen LogP contribution is -2.48. The molecule has 19 heavy (non-hydrogen) atoms. The summed E-state index contributed by atoms with van der Waals surface area (Å²) in [6, 6.07) is 1.99. The third kappa shape index (κ3) is 3.04. The quantitative estimate of drug-likeness (QED) is 0.889. The average molecular weight is 263 g/mol. The van der Waals surface area contributed by atoms with E-state index in [1.807, 2.05) is 11.8 Å². The number of carbonyl (C=O) groups excluding carboxylic acids is 1. The highest BCUT2D eigenvalue weighted by Gasteiger charge is 2.26. The minimum absolute atomic E-state index is 0.0236. The molecule has 1 unspecified atom stereocenters. The Morgan fingerprint density at radius 1 is 1.63 bits per heavy atom. The molecule has 1 aliphatic heterocycles. The summed E-state index contributed by atoms with van der Waals surface area (Å²) in [5.41, 5.74) is 0.588. The number of ether oxygens (including phenoxy) is 1. The monoisotopic (exact) mass is 263 g/mol. The first-order chi connectivity index (χ1) is 9.27. The molecule has 1 aromatic rings. The van der Waals surface area contributed by atoms with E-state index in [-0.39, 0.29) is 11.9 Å². The molecule has 1 aromatic heterocycles. The number of amides is 1. The number of rotatable bonds is 4. The Morgan fingerprint density at radius 3 is 3.11 bits per heavy atom. The Bertz CT molecular complexity index is 430. The van der Waals surface area contributed by atoms with Crippen molar-refractivity contribution < 1.29 is 9.53 Å². The summed E-state index contributed by atoms with van der Waals surface area (Å²) in [4.78, 5) is 18.6. The molecule has 1 N–H and O–H groups in total. The van der Waals surface area contributed by atoms with Crippen LogP contribution in [0.15, 0.2) is 18.5 Å². The molecule has 5 heteroatoms. The molecule has 1 atom stereocenters. The van der Waals surface area contributed by atoms with Gasteiger partial charge in [-0.05, 0) is 32.4 Å². The number of methoxy groups -OCH3 is 1. The number of carbonyl (C=O) groups is 1. The fourth-order valence-corrected chi connectivity index (χ4v) is 2.54. The predicted octanol–water partition coefficient (Wildman–Crippen LogP) is 1.30. The summed E-state index contributed by atoms with van der Waals surface area (Å²) in [6.07, 6.45) is 5.38. The maximum atomic E-state index is 12.6. The SMILES string of the molecule is CCN(C(=O)c1ccncc1OC)C1CCCNC1.